The van der Waals surface area contributed by atoms with Crippen LogP contribution in [0.1, 0.15) is 5.56 Å². The van der Waals surface area contributed by atoms with Gasteiger partial charge in [0, 0.05) is 10.0 Å². The molecule has 2 aromatic carbocycles. The standard InChI is InChI=1S/C14H11Cl2N3O4S/c1-9-2-4-13(5-3-9)24(22,23)14(19(20)21)18-17-12-7-10(15)6-11(16)8-12/h2-8,17H,1H3/b18-14+. The highest BCUT2D eigenvalue weighted by Gasteiger charge is 2.34. The lowest BCUT2D eigenvalue weighted by Crippen LogP contribution is -2.25. The lowest BCUT2D eigenvalue weighted by Gasteiger charge is -2.03. The molecule has 0 bridgehead atoms. The van der Waals surface area contributed by atoms with Crippen LogP contribution in [0.3, 0.4) is 0 Å². The molecule has 0 unspecified atom stereocenters. The molecule has 0 aliphatic carbocycles. The number of halogens is 2. The van der Waals surface area contributed by atoms with Crippen molar-refractivity contribution in [2.24, 2.45) is 5.10 Å². The van der Waals surface area contributed by atoms with Crippen molar-refractivity contribution in [1.82, 2.24) is 0 Å². The zero-order valence-corrected chi connectivity index (χ0v) is 14.6. The van der Waals surface area contributed by atoms with Crippen molar-refractivity contribution in [2.75, 3.05) is 5.43 Å². The summed E-state index contributed by atoms with van der Waals surface area (Å²) in [6.45, 7) is 1.77. The Morgan fingerprint density at radius 1 is 1.12 bits per heavy atom. The first-order chi connectivity index (χ1) is 11.2. The van der Waals surface area contributed by atoms with Crippen LogP contribution in [0.15, 0.2) is 52.5 Å². The molecule has 126 valence electrons. The maximum atomic E-state index is 12.4. The van der Waals surface area contributed by atoms with Gasteiger partial charge in [-0.25, -0.2) is 8.42 Å². The van der Waals surface area contributed by atoms with Crippen molar-refractivity contribution in [3.8, 4) is 0 Å². The van der Waals surface area contributed by atoms with E-state index in [2.05, 4.69) is 10.5 Å². The summed E-state index contributed by atoms with van der Waals surface area (Å²) in [4.78, 5) is 9.84. The van der Waals surface area contributed by atoms with Crippen molar-refractivity contribution in [2.45, 2.75) is 11.8 Å². The highest BCUT2D eigenvalue weighted by atomic mass is 35.5. The Labute approximate surface area is 148 Å². The molecule has 10 heteroatoms. The second-order valence-electron chi connectivity index (χ2n) is 4.74. The highest BCUT2D eigenvalue weighted by Crippen LogP contribution is 2.23. The van der Waals surface area contributed by atoms with E-state index in [0.29, 0.717) is 0 Å². The van der Waals surface area contributed by atoms with Gasteiger partial charge in [0.2, 0.25) is 0 Å². The van der Waals surface area contributed by atoms with E-state index in [-0.39, 0.29) is 20.6 Å². The number of rotatable bonds is 3. The van der Waals surface area contributed by atoms with Crippen molar-refractivity contribution >= 4 is 43.9 Å². The van der Waals surface area contributed by atoms with Crippen LogP contribution in [0.5, 0.6) is 0 Å². The first-order valence-corrected chi connectivity index (χ1v) is 8.70. The summed E-state index contributed by atoms with van der Waals surface area (Å²) in [7, 11) is -4.39. The molecule has 0 spiro atoms. The van der Waals surface area contributed by atoms with Gasteiger partial charge in [0.1, 0.15) is 0 Å². The first-order valence-electron chi connectivity index (χ1n) is 6.46. The van der Waals surface area contributed by atoms with Crippen molar-refractivity contribution < 1.29 is 13.3 Å². The molecule has 1 N–H and O–H groups in total. The summed E-state index contributed by atoms with van der Waals surface area (Å²) in [6, 6.07) is 9.87. The van der Waals surface area contributed by atoms with Gasteiger partial charge in [-0.2, -0.15) is 5.43 Å². The fourth-order valence-corrected chi connectivity index (χ4v) is 3.35. The van der Waals surface area contributed by atoms with Gasteiger partial charge in [-0.1, -0.05) is 40.9 Å². The number of nitrogens with one attached hydrogen (secondary N) is 1. The van der Waals surface area contributed by atoms with Gasteiger partial charge in [-0.15, -0.1) is 0 Å². The molecule has 0 aliphatic rings. The summed E-state index contributed by atoms with van der Waals surface area (Å²) >= 11 is 11.6. The molecule has 0 aliphatic heterocycles. The van der Waals surface area contributed by atoms with Crippen LogP contribution in [-0.4, -0.2) is 18.5 Å². The molecule has 2 rings (SSSR count). The molecular weight excluding hydrogens is 377 g/mol. The summed E-state index contributed by atoms with van der Waals surface area (Å²) in [5.74, 6) is 0. The van der Waals surface area contributed by atoms with Crippen molar-refractivity contribution in [3.05, 3.63) is 68.2 Å². The Balaban J connectivity index is 2.41. The largest absolute Gasteiger partial charge is 0.484 e. The molecule has 0 fully saturated rings. The van der Waals surface area contributed by atoms with Crippen LogP contribution in [0.4, 0.5) is 5.69 Å². The van der Waals surface area contributed by atoms with Gasteiger partial charge in [0.05, 0.1) is 15.7 Å². The average Bonchev–Trinajstić information content (AvgIpc) is 2.46. The van der Waals surface area contributed by atoms with Crippen molar-refractivity contribution in [1.29, 1.82) is 0 Å². The number of hydrogen-bond donors (Lipinski definition) is 1. The van der Waals surface area contributed by atoms with Crippen LogP contribution >= 0.6 is 23.2 Å². The first kappa shape index (κ1) is 18.2. The minimum atomic E-state index is -4.39. The molecule has 0 amide bonds. The van der Waals surface area contributed by atoms with E-state index >= 15 is 0 Å². The van der Waals surface area contributed by atoms with Crippen LogP contribution in [0, 0.1) is 17.0 Å². The van der Waals surface area contributed by atoms with Crippen LogP contribution < -0.4 is 5.43 Å². The fourth-order valence-electron chi connectivity index (χ4n) is 1.75. The van der Waals surface area contributed by atoms with Gasteiger partial charge in [-0.3, -0.25) is 0 Å². The Morgan fingerprint density at radius 3 is 2.17 bits per heavy atom. The number of sulfone groups is 1. The van der Waals surface area contributed by atoms with Gasteiger partial charge in [0.25, 0.3) is 9.84 Å². The number of benzene rings is 2. The molecular formula is C14H11Cl2N3O4S. The maximum absolute atomic E-state index is 12.4. The summed E-state index contributed by atoms with van der Waals surface area (Å²) in [6.07, 6.45) is 0. The molecule has 0 saturated heterocycles. The SMILES string of the molecule is Cc1ccc(S(=O)(=O)/C(=N/Nc2cc(Cl)cc(Cl)c2)[N+](=O)[O-])cc1. The van der Waals surface area contributed by atoms with Gasteiger partial charge < -0.3 is 10.1 Å². The highest BCUT2D eigenvalue weighted by molar-refractivity contribution is 8.05. The normalized spacial score (nSPS) is 12.0. The number of hydrazone groups is 1. The van der Waals surface area contributed by atoms with Crippen LogP contribution in [-0.2, 0) is 9.84 Å². The van der Waals surface area contributed by atoms with Gasteiger partial charge >= 0.3 is 5.17 Å². The topological polar surface area (TPSA) is 102 Å². The third kappa shape index (κ3) is 4.22. The number of amidine groups is 1. The smallest absolute Gasteiger partial charge is 0.357 e. The number of aryl methyl sites for hydroxylation is 1. The number of hydrogen-bond acceptors (Lipinski definition) is 6. The van der Waals surface area contributed by atoms with E-state index in [1.165, 1.54) is 42.5 Å². The molecule has 2 aromatic rings. The maximum Gasteiger partial charge on any atom is 0.484 e. The summed E-state index contributed by atoms with van der Waals surface area (Å²) in [5, 5.41) is 13.9. The number of nitrogens with zero attached hydrogens (tertiary/aromatic N) is 2. The lowest BCUT2D eigenvalue weighted by atomic mass is 10.2. The predicted molar refractivity (Wildman–Crippen MR) is 92.9 cm³/mol. The molecule has 0 aromatic heterocycles. The van der Waals surface area contributed by atoms with E-state index in [9.17, 15) is 18.5 Å². The lowest BCUT2D eigenvalue weighted by molar-refractivity contribution is -0.344. The van der Waals surface area contributed by atoms with E-state index < -0.39 is 19.9 Å². The monoisotopic (exact) mass is 387 g/mol. The summed E-state index contributed by atoms with van der Waals surface area (Å²) < 4.78 is 24.8. The Morgan fingerprint density at radius 2 is 1.67 bits per heavy atom. The Hall–Kier alpha value is -2.16. The van der Waals surface area contributed by atoms with E-state index in [1.54, 1.807) is 6.92 Å². The Bertz CT molecular complexity index is 892. The average molecular weight is 388 g/mol. The van der Waals surface area contributed by atoms with Crippen molar-refractivity contribution in [3.63, 3.8) is 0 Å². The number of nitro groups is 1. The minimum Gasteiger partial charge on any atom is -0.357 e. The molecule has 7 nitrogen and oxygen atoms in total. The number of anilines is 1. The zero-order valence-electron chi connectivity index (χ0n) is 12.2. The van der Waals surface area contributed by atoms with Crippen LogP contribution in [0.2, 0.25) is 10.0 Å². The van der Waals surface area contributed by atoms with E-state index in [0.717, 1.165) is 5.56 Å². The third-order valence-electron chi connectivity index (χ3n) is 2.87. The van der Waals surface area contributed by atoms with Gasteiger partial charge in [0.15, 0.2) is 0 Å². The second kappa shape index (κ2) is 7.16. The van der Waals surface area contributed by atoms with Gasteiger partial charge in [-0.05, 0) is 42.2 Å². The quantitative estimate of drug-likeness (QED) is 0.374. The van der Waals surface area contributed by atoms with Crippen LogP contribution in [0.25, 0.3) is 0 Å². The Kier molecular flexibility index (Phi) is 5.43. The predicted octanol–water partition coefficient (Wildman–Crippen LogP) is 3.74. The zero-order chi connectivity index (χ0) is 17.9. The third-order valence-corrected chi connectivity index (χ3v) is 4.92. The second-order valence-corrected chi connectivity index (χ2v) is 7.45. The minimum absolute atomic E-state index is 0.214. The van der Waals surface area contributed by atoms with E-state index in [1.807, 2.05) is 0 Å². The molecule has 0 heterocycles. The molecule has 0 radical (unpaired) electrons. The molecule has 0 saturated carbocycles. The fraction of sp³-hybridized carbons (Fsp3) is 0.0714. The summed E-state index contributed by atoms with van der Waals surface area (Å²) in [5.41, 5.74) is 3.33. The molecule has 0 atom stereocenters. The van der Waals surface area contributed by atoms with E-state index in [4.69, 9.17) is 23.2 Å². The molecule has 24 heavy (non-hydrogen) atoms.